The molecule has 3 heterocycles. The van der Waals surface area contributed by atoms with Crippen molar-refractivity contribution in [2.75, 3.05) is 18.0 Å². The van der Waals surface area contributed by atoms with Crippen LogP contribution in [-0.4, -0.2) is 38.7 Å². The van der Waals surface area contributed by atoms with Crippen LogP contribution in [0.25, 0.3) is 17.0 Å². The largest absolute Gasteiger partial charge is 0.412 e. The number of hydrogen-bond acceptors (Lipinski definition) is 5. The summed E-state index contributed by atoms with van der Waals surface area (Å²) < 4.78 is 0.604. The van der Waals surface area contributed by atoms with E-state index < -0.39 is 0 Å². The van der Waals surface area contributed by atoms with E-state index >= 15 is 0 Å². The fourth-order valence-corrected chi connectivity index (χ4v) is 5.49. The molecule has 2 N–H and O–H groups in total. The normalized spacial score (nSPS) is 18.3. The molecule has 2 aliphatic heterocycles. The average molecular weight is 478 g/mol. The molecular formula is C26H27N3O2S2. The first-order valence-electron chi connectivity index (χ1n) is 11.0. The maximum absolute atomic E-state index is 13.2. The summed E-state index contributed by atoms with van der Waals surface area (Å²) in [6.45, 7) is 4.78. The second-order valence-corrected chi connectivity index (χ2v) is 10.2. The SMILES string of the molecule is CC1CCN(c2nc3ccccc3cc2/C=C2\SC(=S)N(Cc3ccccc3)C2=O)CC1.O. The van der Waals surface area contributed by atoms with Crippen LogP contribution >= 0.6 is 24.0 Å². The Bertz CT molecular complexity index is 1200. The van der Waals surface area contributed by atoms with E-state index in [0.717, 1.165) is 59.7 Å². The van der Waals surface area contributed by atoms with Crippen molar-refractivity contribution < 1.29 is 10.3 Å². The van der Waals surface area contributed by atoms with Gasteiger partial charge in [0.15, 0.2) is 0 Å². The lowest BCUT2D eigenvalue weighted by molar-refractivity contribution is -0.122. The molecule has 0 saturated carbocycles. The molecule has 0 atom stereocenters. The van der Waals surface area contributed by atoms with Crippen LogP contribution in [0.4, 0.5) is 5.82 Å². The van der Waals surface area contributed by atoms with Crippen LogP contribution in [-0.2, 0) is 11.3 Å². The Labute approximate surface area is 203 Å². The zero-order valence-electron chi connectivity index (χ0n) is 18.5. The van der Waals surface area contributed by atoms with Crippen molar-refractivity contribution in [1.82, 2.24) is 9.88 Å². The first-order chi connectivity index (χ1) is 15.6. The van der Waals surface area contributed by atoms with Gasteiger partial charge in [0.1, 0.15) is 10.1 Å². The van der Waals surface area contributed by atoms with Crippen LogP contribution in [0.15, 0.2) is 65.6 Å². The number of piperidine rings is 1. The molecule has 1 amide bonds. The third kappa shape index (κ3) is 4.95. The number of carbonyl (C=O) groups excluding carboxylic acids is 1. The average Bonchev–Trinajstić information content (AvgIpc) is 3.07. The number of thiocarbonyl (C=S) groups is 1. The number of hydrogen-bond donors (Lipinski definition) is 0. The summed E-state index contributed by atoms with van der Waals surface area (Å²) >= 11 is 6.94. The van der Waals surface area contributed by atoms with Gasteiger partial charge in [-0.25, -0.2) is 4.98 Å². The smallest absolute Gasteiger partial charge is 0.266 e. The number of benzene rings is 2. The molecule has 0 aliphatic carbocycles. The zero-order chi connectivity index (χ0) is 22.1. The minimum absolute atomic E-state index is 0. The molecule has 1 aromatic heterocycles. The van der Waals surface area contributed by atoms with Crippen molar-refractivity contribution in [3.8, 4) is 0 Å². The van der Waals surface area contributed by atoms with Crippen molar-refractivity contribution in [3.63, 3.8) is 0 Å². The van der Waals surface area contributed by atoms with E-state index in [-0.39, 0.29) is 11.4 Å². The Hall–Kier alpha value is -2.74. The predicted octanol–water partition coefficient (Wildman–Crippen LogP) is 5.05. The Morgan fingerprint density at radius 1 is 1.09 bits per heavy atom. The molecule has 0 bridgehead atoms. The van der Waals surface area contributed by atoms with Crippen molar-refractivity contribution in [2.24, 2.45) is 5.92 Å². The monoisotopic (exact) mass is 477 g/mol. The molecule has 2 aliphatic rings. The third-order valence-electron chi connectivity index (χ3n) is 6.16. The second-order valence-electron chi connectivity index (χ2n) is 8.52. The van der Waals surface area contributed by atoms with E-state index in [0.29, 0.717) is 15.8 Å². The summed E-state index contributed by atoms with van der Waals surface area (Å²) in [5, 5.41) is 1.08. The molecular weight excluding hydrogens is 450 g/mol. The first kappa shape index (κ1) is 23.4. The summed E-state index contributed by atoms with van der Waals surface area (Å²) in [6.07, 6.45) is 4.30. The van der Waals surface area contributed by atoms with Crippen molar-refractivity contribution in [3.05, 3.63) is 76.7 Å². The highest BCUT2D eigenvalue weighted by molar-refractivity contribution is 8.26. The lowest BCUT2D eigenvalue weighted by atomic mass is 9.98. The number of fused-ring (bicyclic) bond motifs is 1. The maximum Gasteiger partial charge on any atom is 0.266 e. The fraction of sp³-hybridized carbons (Fsp3) is 0.269. The number of aromatic nitrogens is 1. The molecule has 2 saturated heterocycles. The zero-order valence-corrected chi connectivity index (χ0v) is 20.2. The topological polar surface area (TPSA) is 67.9 Å². The highest BCUT2D eigenvalue weighted by atomic mass is 32.2. The van der Waals surface area contributed by atoms with Gasteiger partial charge in [-0.3, -0.25) is 9.69 Å². The summed E-state index contributed by atoms with van der Waals surface area (Å²) in [5.74, 6) is 1.67. The number of para-hydroxylation sites is 1. The van der Waals surface area contributed by atoms with Crippen molar-refractivity contribution in [1.29, 1.82) is 0 Å². The molecule has 2 aromatic carbocycles. The molecule has 0 radical (unpaired) electrons. The molecule has 2 fully saturated rings. The number of carbonyl (C=O) groups is 1. The van der Waals surface area contributed by atoms with Crippen molar-refractivity contribution >= 4 is 57.0 Å². The molecule has 5 rings (SSSR count). The Morgan fingerprint density at radius 2 is 1.79 bits per heavy atom. The number of rotatable bonds is 4. The Kier molecular flexibility index (Phi) is 7.12. The van der Waals surface area contributed by atoms with E-state index in [1.165, 1.54) is 11.8 Å². The summed E-state index contributed by atoms with van der Waals surface area (Å²) in [5.41, 5.74) is 3.04. The Morgan fingerprint density at radius 3 is 2.55 bits per heavy atom. The van der Waals surface area contributed by atoms with E-state index in [9.17, 15) is 4.79 Å². The van der Waals surface area contributed by atoms with Crippen LogP contribution in [0, 0.1) is 5.92 Å². The lowest BCUT2D eigenvalue weighted by Crippen LogP contribution is -2.34. The molecule has 0 unspecified atom stereocenters. The number of thioether (sulfide) groups is 1. The quantitative estimate of drug-likeness (QED) is 0.389. The standard InChI is InChI=1S/C26H25N3OS2.H2O/c1-18-11-13-28(14-12-18)24-21(15-20-9-5-6-10-22(20)27-24)16-23-25(30)29(26(31)32-23)17-19-7-3-2-4-8-19;/h2-10,15-16,18H,11-14,17H2,1H3;1H2/b23-16-;. The molecule has 33 heavy (non-hydrogen) atoms. The van der Waals surface area contributed by atoms with Gasteiger partial charge in [0.05, 0.1) is 17.0 Å². The molecule has 5 nitrogen and oxygen atoms in total. The van der Waals surface area contributed by atoms with Gasteiger partial charge in [0, 0.05) is 24.0 Å². The van der Waals surface area contributed by atoms with Gasteiger partial charge < -0.3 is 10.4 Å². The summed E-state index contributed by atoms with van der Waals surface area (Å²) in [4.78, 5) is 23.0. The van der Waals surface area contributed by atoms with Crippen LogP contribution in [0.2, 0.25) is 0 Å². The van der Waals surface area contributed by atoms with Gasteiger partial charge in [-0.15, -0.1) is 0 Å². The number of amides is 1. The van der Waals surface area contributed by atoms with Crippen LogP contribution in [0.3, 0.4) is 0 Å². The van der Waals surface area contributed by atoms with Gasteiger partial charge in [-0.05, 0) is 42.5 Å². The summed E-state index contributed by atoms with van der Waals surface area (Å²) in [6, 6.07) is 20.3. The van der Waals surface area contributed by atoms with Crippen molar-refractivity contribution in [2.45, 2.75) is 26.3 Å². The third-order valence-corrected chi connectivity index (χ3v) is 7.54. The van der Waals surface area contributed by atoms with Gasteiger partial charge in [0.2, 0.25) is 0 Å². The number of nitrogens with zero attached hydrogens (tertiary/aromatic N) is 3. The van der Waals surface area contributed by atoms with Gasteiger partial charge >= 0.3 is 0 Å². The van der Waals surface area contributed by atoms with E-state index in [4.69, 9.17) is 17.2 Å². The highest BCUT2D eigenvalue weighted by Gasteiger charge is 2.32. The maximum atomic E-state index is 13.2. The van der Waals surface area contributed by atoms with E-state index in [2.05, 4.69) is 30.0 Å². The molecule has 0 spiro atoms. The van der Waals surface area contributed by atoms with Gasteiger partial charge in [0.25, 0.3) is 5.91 Å². The Balaban J connectivity index is 0.00000259. The predicted molar refractivity (Wildman–Crippen MR) is 141 cm³/mol. The highest BCUT2D eigenvalue weighted by Crippen LogP contribution is 2.36. The van der Waals surface area contributed by atoms with Gasteiger partial charge in [-0.2, -0.15) is 0 Å². The first-order valence-corrected chi connectivity index (χ1v) is 12.2. The minimum Gasteiger partial charge on any atom is -0.412 e. The van der Waals surface area contributed by atoms with Crippen LogP contribution < -0.4 is 4.90 Å². The lowest BCUT2D eigenvalue weighted by Gasteiger charge is -2.32. The molecule has 170 valence electrons. The van der Waals surface area contributed by atoms with E-state index in [1.54, 1.807) is 4.90 Å². The minimum atomic E-state index is -0.0322. The van der Waals surface area contributed by atoms with Crippen LogP contribution in [0.5, 0.6) is 0 Å². The molecule has 3 aromatic rings. The van der Waals surface area contributed by atoms with E-state index in [1.807, 2.05) is 48.5 Å². The van der Waals surface area contributed by atoms with Crippen LogP contribution in [0.1, 0.15) is 30.9 Å². The summed E-state index contributed by atoms with van der Waals surface area (Å²) in [7, 11) is 0. The fourth-order valence-electron chi connectivity index (χ4n) is 4.25. The second kappa shape index (κ2) is 10.0. The molecule has 7 heteroatoms. The number of pyridine rings is 1. The number of anilines is 1. The van der Waals surface area contributed by atoms with Gasteiger partial charge in [-0.1, -0.05) is 79.4 Å².